The van der Waals surface area contributed by atoms with Crippen molar-refractivity contribution >= 4 is 39.3 Å². The van der Waals surface area contributed by atoms with Crippen LogP contribution in [0.4, 0.5) is 10.2 Å². The SMILES string of the molecule is CC(OC(=O)CN(C)S(=O)(=O)c1ccc(F)cc1)C(=O)Nc1ccc(Cl)cn1. The molecule has 11 heteroatoms. The van der Waals surface area contributed by atoms with Crippen molar-refractivity contribution in [2.45, 2.75) is 17.9 Å². The first-order chi connectivity index (χ1) is 13.1. The molecule has 0 saturated heterocycles. The molecule has 1 amide bonds. The largest absolute Gasteiger partial charge is 0.452 e. The fraction of sp³-hybridized carbons (Fsp3) is 0.235. The average molecular weight is 430 g/mol. The minimum absolute atomic E-state index is 0.177. The van der Waals surface area contributed by atoms with Crippen molar-refractivity contribution in [2.24, 2.45) is 0 Å². The number of carbonyl (C=O) groups excluding carboxylic acids is 2. The van der Waals surface area contributed by atoms with E-state index in [1.807, 2.05) is 0 Å². The third kappa shape index (κ3) is 5.72. The molecule has 0 aliphatic carbocycles. The zero-order valence-corrected chi connectivity index (χ0v) is 16.5. The lowest BCUT2D eigenvalue weighted by Gasteiger charge is -2.18. The lowest BCUT2D eigenvalue weighted by molar-refractivity contribution is -0.153. The highest BCUT2D eigenvalue weighted by Gasteiger charge is 2.25. The van der Waals surface area contributed by atoms with Gasteiger partial charge in [0.05, 0.1) is 9.92 Å². The molecule has 28 heavy (non-hydrogen) atoms. The fourth-order valence-corrected chi connectivity index (χ4v) is 3.25. The predicted octanol–water partition coefficient (Wildman–Crippen LogP) is 2.06. The number of halogens is 2. The number of pyridine rings is 1. The number of esters is 1. The number of hydrogen-bond acceptors (Lipinski definition) is 6. The van der Waals surface area contributed by atoms with Crippen LogP contribution in [-0.4, -0.2) is 49.3 Å². The lowest BCUT2D eigenvalue weighted by Crippen LogP contribution is -2.37. The third-order valence-electron chi connectivity index (χ3n) is 3.53. The Bertz CT molecular complexity index is 952. The Labute approximate surface area is 166 Å². The number of nitrogens with zero attached hydrogens (tertiary/aromatic N) is 2. The Morgan fingerprint density at radius 1 is 1.25 bits per heavy atom. The number of rotatable bonds is 7. The zero-order chi connectivity index (χ0) is 20.9. The first-order valence-corrected chi connectivity index (χ1v) is 9.75. The van der Waals surface area contributed by atoms with Crippen LogP contribution in [-0.2, 0) is 24.3 Å². The van der Waals surface area contributed by atoms with Crippen LogP contribution < -0.4 is 5.32 Å². The fourth-order valence-electron chi connectivity index (χ4n) is 2.02. The molecule has 1 aromatic heterocycles. The van der Waals surface area contributed by atoms with Gasteiger partial charge in [0.2, 0.25) is 10.0 Å². The lowest BCUT2D eigenvalue weighted by atomic mass is 10.3. The van der Waals surface area contributed by atoms with E-state index in [9.17, 15) is 22.4 Å². The molecule has 8 nitrogen and oxygen atoms in total. The van der Waals surface area contributed by atoms with E-state index in [0.29, 0.717) is 5.02 Å². The number of amides is 1. The normalized spacial score (nSPS) is 12.5. The number of ether oxygens (including phenoxy) is 1. The first-order valence-electron chi connectivity index (χ1n) is 7.93. The number of aromatic nitrogens is 1. The van der Waals surface area contributed by atoms with Crippen molar-refractivity contribution in [3.63, 3.8) is 0 Å². The van der Waals surface area contributed by atoms with Crippen molar-refractivity contribution in [1.29, 1.82) is 0 Å². The summed E-state index contributed by atoms with van der Waals surface area (Å²) in [5.41, 5.74) is 0. The molecule has 0 bridgehead atoms. The highest BCUT2D eigenvalue weighted by atomic mass is 35.5. The van der Waals surface area contributed by atoms with E-state index in [0.717, 1.165) is 28.6 Å². The minimum Gasteiger partial charge on any atom is -0.452 e. The molecule has 1 aromatic carbocycles. The topological polar surface area (TPSA) is 106 Å². The maximum absolute atomic E-state index is 12.9. The summed E-state index contributed by atoms with van der Waals surface area (Å²) in [6, 6.07) is 7.16. The molecule has 0 aliphatic heterocycles. The van der Waals surface area contributed by atoms with E-state index < -0.39 is 40.4 Å². The second-order valence-electron chi connectivity index (χ2n) is 5.70. The van der Waals surface area contributed by atoms with Gasteiger partial charge in [0.25, 0.3) is 5.91 Å². The van der Waals surface area contributed by atoms with E-state index in [-0.39, 0.29) is 10.7 Å². The van der Waals surface area contributed by atoms with Crippen LogP contribution in [0.3, 0.4) is 0 Å². The summed E-state index contributed by atoms with van der Waals surface area (Å²) < 4.78 is 43.4. The van der Waals surface area contributed by atoms with Gasteiger partial charge in [-0.15, -0.1) is 0 Å². The van der Waals surface area contributed by atoms with Crippen molar-refractivity contribution in [3.05, 3.63) is 53.4 Å². The second kappa shape index (κ2) is 9.09. The maximum Gasteiger partial charge on any atom is 0.322 e. The third-order valence-corrected chi connectivity index (χ3v) is 5.57. The molecule has 1 unspecified atom stereocenters. The second-order valence-corrected chi connectivity index (χ2v) is 8.18. The Kier molecular flexibility index (Phi) is 7.05. The summed E-state index contributed by atoms with van der Waals surface area (Å²) in [7, 11) is -2.85. The molecule has 1 N–H and O–H groups in total. The van der Waals surface area contributed by atoms with Crippen LogP contribution in [0.25, 0.3) is 0 Å². The summed E-state index contributed by atoms with van der Waals surface area (Å²) in [4.78, 5) is 27.7. The number of sulfonamides is 1. The van der Waals surface area contributed by atoms with Crippen LogP contribution in [0, 0.1) is 5.82 Å². The molecular formula is C17H17ClFN3O5S. The van der Waals surface area contributed by atoms with E-state index in [4.69, 9.17) is 16.3 Å². The van der Waals surface area contributed by atoms with Crippen LogP contribution in [0.15, 0.2) is 47.5 Å². The zero-order valence-electron chi connectivity index (χ0n) is 14.9. The first kappa shape index (κ1) is 21.7. The summed E-state index contributed by atoms with van der Waals surface area (Å²) in [5, 5.41) is 2.83. The molecule has 1 heterocycles. The van der Waals surface area contributed by atoms with Gasteiger partial charge < -0.3 is 10.1 Å². The highest BCUT2D eigenvalue weighted by molar-refractivity contribution is 7.89. The molecule has 0 fully saturated rings. The number of anilines is 1. The molecule has 2 rings (SSSR count). The maximum atomic E-state index is 12.9. The molecule has 0 aliphatic rings. The predicted molar refractivity (Wildman–Crippen MR) is 99.6 cm³/mol. The van der Waals surface area contributed by atoms with Crippen LogP contribution in [0.1, 0.15) is 6.92 Å². The summed E-state index contributed by atoms with van der Waals surface area (Å²) in [6.45, 7) is 0.703. The van der Waals surface area contributed by atoms with Gasteiger partial charge in [-0.1, -0.05) is 11.6 Å². The molecule has 2 aromatic rings. The van der Waals surface area contributed by atoms with Gasteiger partial charge in [-0.05, 0) is 43.3 Å². The quantitative estimate of drug-likeness (QED) is 0.675. The number of benzene rings is 1. The van der Waals surface area contributed by atoms with E-state index in [1.54, 1.807) is 0 Å². The molecule has 0 spiro atoms. The van der Waals surface area contributed by atoms with Gasteiger partial charge in [-0.2, -0.15) is 4.31 Å². The standard InChI is InChI=1S/C17H17ClFN3O5S/c1-11(17(24)21-15-8-3-12(18)9-20-15)27-16(23)10-22(2)28(25,26)14-6-4-13(19)5-7-14/h3-9,11H,10H2,1-2H3,(H,20,21,24). The Morgan fingerprint density at radius 2 is 1.89 bits per heavy atom. The smallest absolute Gasteiger partial charge is 0.322 e. The van der Waals surface area contributed by atoms with Gasteiger partial charge in [0.1, 0.15) is 18.2 Å². The molecule has 0 saturated carbocycles. The monoisotopic (exact) mass is 429 g/mol. The van der Waals surface area contributed by atoms with Crippen molar-refractivity contribution in [1.82, 2.24) is 9.29 Å². The number of likely N-dealkylation sites (N-methyl/N-ethyl adjacent to an activating group) is 1. The number of nitrogens with one attached hydrogen (secondary N) is 1. The minimum atomic E-state index is -4.02. The average Bonchev–Trinajstić information content (AvgIpc) is 2.63. The molecule has 0 radical (unpaired) electrons. The number of carbonyl (C=O) groups is 2. The van der Waals surface area contributed by atoms with Crippen LogP contribution >= 0.6 is 11.6 Å². The Morgan fingerprint density at radius 3 is 2.46 bits per heavy atom. The van der Waals surface area contributed by atoms with Gasteiger partial charge in [-0.3, -0.25) is 9.59 Å². The van der Waals surface area contributed by atoms with Crippen molar-refractivity contribution in [2.75, 3.05) is 18.9 Å². The Balaban J connectivity index is 1.93. The summed E-state index contributed by atoms with van der Waals surface area (Å²) >= 11 is 5.70. The van der Waals surface area contributed by atoms with Gasteiger partial charge in [-0.25, -0.2) is 17.8 Å². The van der Waals surface area contributed by atoms with Gasteiger partial charge >= 0.3 is 5.97 Å². The Hall–Kier alpha value is -2.56. The van der Waals surface area contributed by atoms with Crippen LogP contribution in [0.2, 0.25) is 5.02 Å². The molecule has 150 valence electrons. The molecule has 1 atom stereocenters. The number of hydrogen-bond donors (Lipinski definition) is 1. The van der Waals surface area contributed by atoms with E-state index in [1.165, 1.54) is 32.3 Å². The van der Waals surface area contributed by atoms with Gasteiger partial charge in [0, 0.05) is 13.2 Å². The van der Waals surface area contributed by atoms with E-state index >= 15 is 0 Å². The van der Waals surface area contributed by atoms with Crippen LogP contribution in [0.5, 0.6) is 0 Å². The van der Waals surface area contributed by atoms with Gasteiger partial charge in [0.15, 0.2) is 6.10 Å². The summed E-state index contributed by atoms with van der Waals surface area (Å²) in [6.07, 6.45) is 0.148. The summed E-state index contributed by atoms with van der Waals surface area (Å²) in [5.74, 6) is -1.95. The van der Waals surface area contributed by atoms with E-state index in [2.05, 4.69) is 10.3 Å². The molecular weight excluding hydrogens is 413 g/mol. The highest BCUT2D eigenvalue weighted by Crippen LogP contribution is 2.15. The van der Waals surface area contributed by atoms with Crippen molar-refractivity contribution < 1.29 is 27.1 Å². The van der Waals surface area contributed by atoms with Crippen molar-refractivity contribution in [3.8, 4) is 0 Å².